The molecule has 0 spiro atoms. The fourth-order valence-corrected chi connectivity index (χ4v) is 6.54. The first kappa shape index (κ1) is 27.6. The Hall–Kier alpha value is -2.93. The van der Waals surface area contributed by atoms with E-state index >= 15 is 0 Å². The fraction of sp³-hybridized carbons (Fsp3) is 0.360. The van der Waals surface area contributed by atoms with Gasteiger partial charge in [-0.1, -0.05) is 34.4 Å². The maximum atomic E-state index is 12.8. The van der Waals surface area contributed by atoms with Crippen molar-refractivity contribution >= 4 is 56.3 Å². The van der Waals surface area contributed by atoms with Gasteiger partial charge in [0.05, 0.1) is 32.6 Å². The van der Waals surface area contributed by atoms with Crippen LogP contribution >= 0.6 is 34.5 Å². The second-order valence-electron chi connectivity index (χ2n) is 9.31. The number of hydrogen-bond donors (Lipinski definition) is 0. The molecule has 2 aliphatic rings. The lowest BCUT2D eigenvalue weighted by atomic mass is 9.97. The second-order valence-corrected chi connectivity index (χ2v) is 12.6. The minimum atomic E-state index is -3.76. The number of rotatable bonds is 7. The first-order valence-electron chi connectivity index (χ1n) is 12.1. The Balaban J connectivity index is 1.20. The van der Waals surface area contributed by atoms with Crippen LogP contribution in [0.3, 0.4) is 0 Å². The highest BCUT2D eigenvalue weighted by Crippen LogP contribution is 2.40. The molecule has 1 aromatic carbocycles. The van der Waals surface area contributed by atoms with Crippen LogP contribution in [0.1, 0.15) is 47.5 Å². The Kier molecular flexibility index (Phi) is 7.99. The Labute approximate surface area is 238 Å². The van der Waals surface area contributed by atoms with Gasteiger partial charge >= 0.3 is 10.1 Å². The van der Waals surface area contributed by atoms with Gasteiger partial charge < -0.3 is 18.5 Å². The SMILES string of the molecule is CS(=O)(=O)Oc1cccc(Cl)c1C1CC(c2csc(C3CCN(C(=O)Cn4cc(Cl)ccc4=O)CC3)n2)=NO1. The molecule has 0 bridgehead atoms. The number of benzene rings is 1. The van der Waals surface area contributed by atoms with Gasteiger partial charge in [-0.25, -0.2) is 4.98 Å². The van der Waals surface area contributed by atoms with Gasteiger partial charge in [-0.15, -0.1) is 11.3 Å². The summed E-state index contributed by atoms with van der Waals surface area (Å²) in [7, 11) is -3.76. The maximum Gasteiger partial charge on any atom is 0.306 e. The predicted molar refractivity (Wildman–Crippen MR) is 148 cm³/mol. The van der Waals surface area contributed by atoms with E-state index in [1.807, 2.05) is 5.38 Å². The molecule has 1 amide bonds. The van der Waals surface area contributed by atoms with Crippen molar-refractivity contribution in [3.05, 3.63) is 78.6 Å². The largest absolute Gasteiger partial charge is 0.387 e. The van der Waals surface area contributed by atoms with Crippen LogP contribution in [0, 0.1) is 0 Å². The zero-order valence-corrected chi connectivity index (χ0v) is 23.9. The third-order valence-corrected chi connectivity index (χ3v) is 8.56. The van der Waals surface area contributed by atoms with E-state index in [-0.39, 0.29) is 29.7 Å². The van der Waals surface area contributed by atoms with Gasteiger partial charge in [0.2, 0.25) is 5.91 Å². The van der Waals surface area contributed by atoms with E-state index in [2.05, 4.69) is 5.16 Å². The van der Waals surface area contributed by atoms with Crippen molar-refractivity contribution in [2.45, 2.75) is 37.8 Å². The third-order valence-electron chi connectivity index (χ3n) is 6.51. The molecule has 10 nitrogen and oxygen atoms in total. The molecule has 5 rings (SSSR count). The van der Waals surface area contributed by atoms with Gasteiger partial charge in [-0.05, 0) is 31.0 Å². The van der Waals surface area contributed by atoms with Gasteiger partial charge in [0, 0.05) is 43.1 Å². The van der Waals surface area contributed by atoms with E-state index in [1.165, 1.54) is 40.3 Å². The first-order chi connectivity index (χ1) is 18.6. The Morgan fingerprint density at radius 3 is 2.72 bits per heavy atom. The highest BCUT2D eigenvalue weighted by Gasteiger charge is 2.32. The quantitative estimate of drug-likeness (QED) is 0.367. The van der Waals surface area contributed by atoms with Crippen LogP contribution in [0.15, 0.2) is 51.9 Å². The monoisotopic (exact) mass is 610 g/mol. The zero-order chi connectivity index (χ0) is 27.7. The molecule has 4 heterocycles. The molecule has 0 saturated carbocycles. The molecule has 39 heavy (non-hydrogen) atoms. The summed E-state index contributed by atoms with van der Waals surface area (Å²) in [6.45, 7) is 1.08. The van der Waals surface area contributed by atoms with Crippen LogP contribution < -0.4 is 9.74 Å². The Morgan fingerprint density at radius 1 is 1.21 bits per heavy atom. The molecule has 2 aromatic heterocycles. The highest BCUT2D eigenvalue weighted by atomic mass is 35.5. The fourth-order valence-electron chi connectivity index (χ4n) is 4.60. The number of nitrogens with zero attached hydrogens (tertiary/aromatic N) is 4. The maximum absolute atomic E-state index is 12.8. The summed E-state index contributed by atoms with van der Waals surface area (Å²) in [5, 5.41) is 7.79. The van der Waals surface area contributed by atoms with Crippen molar-refractivity contribution in [3.63, 3.8) is 0 Å². The molecule has 14 heteroatoms. The third kappa shape index (κ3) is 6.46. The molecular formula is C25H24Cl2N4O6S2. The van der Waals surface area contributed by atoms with Crippen LogP contribution in [-0.2, 0) is 26.3 Å². The van der Waals surface area contributed by atoms with Gasteiger partial charge in [-0.2, -0.15) is 8.42 Å². The number of hydrogen-bond acceptors (Lipinski definition) is 9. The van der Waals surface area contributed by atoms with Crippen molar-refractivity contribution in [2.75, 3.05) is 19.3 Å². The normalized spacial score (nSPS) is 18.1. The number of amides is 1. The zero-order valence-electron chi connectivity index (χ0n) is 20.7. The van der Waals surface area contributed by atoms with E-state index in [9.17, 15) is 18.0 Å². The van der Waals surface area contributed by atoms with E-state index in [0.717, 1.165) is 24.1 Å². The molecule has 0 radical (unpaired) electrons. The molecule has 2 aliphatic heterocycles. The van der Waals surface area contributed by atoms with Gasteiger partial charge in [0.1, 0.15) is 12.3 Å². The van der Waals surface area contributed by atoms with Crippen LogP contribution in [0.25, 0.3) is 0 Å². The second kappa shape index (κ2) is 11.3. The first-order valence-corrected chi connectivity index (χ1v) is 15.5. The summed E-state index contributed by atoms with van der Waals surface area (Å²) in [4.78, 5) is 36.9. The van der Waals surface area contributed by atoms with Gasteiger partial charge in [0.15, 0.2) is 11.9 Å². The molecule has 1 unspecified atom stereocenters. The van der Waals surface area contributed by atoms with Crippen LogP contribution in [0.5, 0.6) is 5.75 Å². The van der Waals surface area contributed by atoms with E-state index in [4.69, 9.17) is 37.2 Å². The van der Waals surface area contributed by atoms with Crippen molar-refractivity contribution < 1.29 is 22.2 Å². The lowest BCUT2D eigenvalue weighted by Crippen LogP contribution is -2.41. The molecule has 206 valence electrons. The average molecular weight is 612 g/mol. The smallest absolute Gasteiger partial charge is 0.306 e. The minimum absolute atomic E-state index is 0.0468. The number of aromatic nitrogens is 2. The van der Waals surface area contributed by atoms with E-state index in [1.54, 1.807) is 17.0 Å². The molecule has 1 fully saturated rings. The number of carbonyl (C=O) groups excluding carboxylic acids is 1. The summed E-state index contributed by atoms with van der Waals surface area (Å²) in [5.74, 6) is 0.172. The molecule has 0 aliphatic carbocycles. The van der Waals surface area contributed by atoms with E-state index in [0.29, 0.717) is 46.5 Å². The average Bonchev–Trinajstić information content (AvgIpc) is 3.56. The Morgan fingerprint density at radius 2 is 1.97 bits per heavy atom. The standard InChI is InChI=1S/C25H24Cl2N4O6S2/c1-39(34,35)37-20-4-2-3-17(27)24(20)21-11-18(29-36-21)19-14-38-25(28-19)15-7-9-30(10-8-15)23(33)13-31-12-16(26)5-6-22(31)32/h2-6,12,14-15,21H,7-11,13H2,1H3. The highest BCUT2D eigenvalue weighted by molar-refractivity contribution is 7.86. The van der Waals surface area contributed by atoms with Crippen LogP contribution in [0.4, 0.5) is 0 Å². The van der Waals surface area contributed by atoms with Crippen molar-refractivity contribution in [1.29, 1.82) is 0 Å². The summed E-state index contributed by atoms with van der Waals surface area (Å²) in [6.07, 6.45) is 3.67. The predicted octanol–water partition coefficient (Wildman–Crippen LogP) is 4.22. The molecule has 0 N–H and O–H groups in total. The van der Waals surface area contributed by atoms with Crippen molar-refractivity contribution in [2.24, 2.45) is 5.16 Å². The van der Waals surface area contributed by atoms with Crippen molar-refractivity contribution in [1.82, 2.24) is 14.5 Å². The summed E-state index contributed by atoms with van der Waals surface area (Å²) >= 11 is 13.8. The minimum Gasteiger partial charge on any atom is -0.387 e. The summed E-state index contributed by atoms with van der Waals surface area (Å²) < 4.78 is 29.8. The number of piperidine rings is 1. The topological polar surface area (TPSA) is 120 Å². The number of pyridine rings is 1. The number of thiazole rings is 1. The molecule has 1 atom stereocenters. The van der Waals surface area contributed by atoms with Crippen LogP contribution in [-0.4, -0.2) is 53.8 Å². The number of likely N-dealkylation sites (tertiary alicyclic amines) is 1. The lowest BCUT2D eigenvalue weighted by Gasteiger charge is -2.31. The van der Waals surface area contributed by atoms with Crippen LogP contribution in [0.2, 0.25) is 10.0 Å². The van der Waals surface area contributed by atoms with E-state index < -0.39 is 16.2 Å². The van der Waals surface area contributed by atoms with Crippen molar-refractivity contribution in [3.8, 4) is 5.75 Å². The summed E-state index contributed by atoms with van der Waals surface area (Å²) in [6, 6.07) is 7.61. The number of carbonyl (C=O) groups is 1. The molecule has 1 saturated heterocycles. The van der Waals surface area contributed by atoms with Gasteiger partial charge in [-0.3, -0.25) is 9.59 Å². The Bertz CT molecular complexity index is 1600. The summed E-state index contributed by atoms with van der Waals surface area (Å²) in [5.41, 5.74) is 1.46. The molecular weight excluding hydrogens is 587 g/mol. The van der Waals surface area contributed by atoms with Gasteiger partial charge in [0.25, 0.3) is 5.56 Å². The number of halogens is 2. The molecule has 3 aromatic rings. The number of oxime groups is 1. The lowest BCUT2D eigenvalue weighted by molar-refractivity contribution is -0.132.